The van der Waals surface area contributed by atoms with E-state index in [9.17, 15) is 8.42 Å². The highest BCUT2D eigenvalue weighted by atomic mass is 32.2. The predicted molar refractivity (Wildman–Crippen MR) is 70.3 cm³/mol. The Morgan fingerprint density at radius 2 is 1.89 bits per heavy atom. The Kier molecular flexibility index (Phi) is 3.57. The fourth-order valence-electron chi connectivity index (χ4n) is 1.50. The molecule has 0 aromatic carbocycles. The number of sulfone groups is 1. The van der Waals surface area contributed by atoms with Crippen molar-refractivity contribution in [3.63, 3.8) is 0 Å². The molecule has 0 radical (unpaired) electrons. The molecule has 0 saturated heterocycles. The van der Waals surface area contributed by atoms with Gasteiger partial charge >= 0.3 is 0 Å². The summed E-state index contributed by atoms with van der Waals surface area (Å²) in [5.74, 6) is 1.25. The highest BCUT2D eigenvalue weighted by Gasteiger charge is 2.05. The number of anilines is 2. The van der Waals surface area contributed by atoms with Crippen LogP contribution in [0.3, 0.4) is 0 Å². The summed E-state index contributed by atoms with van der Waals surface area (Å²) >= 11 is 0. The molecule has 2 heterocycles. The summed E-state index contributed by atoms with van der Waals surface area (Å²) in [6.07, 6.45) is 4.45. The highest BCUT2D eigenvalue weighted by Crippen LogP contribution is 2.14. The van der Waals surface area contributed by atoms with E-state index >= 15 is 0 Å². The van der Waals surface area contributed by atoms with Crippen LogP contribution in [0.5, 0.6) is 0 Å². The first-order chi connectivity index (χ1) is 8.53. The van der Waals surface area contributed by atoms with Gasteiger partial charge in [-0.05, 0) is 29.8 Å². The molecule has 0 amide bonds. The predicted octanol–water partition coefficient (Wildman–Crippen LogP) is 1.76. The third kappa shape index (κ3) is 3.81. The van der Waals surface area contributed by atoms with Crippen LogP contribution in [-0.2, 0) is 15.6 Å². The second-order valence-corrected chi connectivity index (χ2v) is 6.10. The van der Waals surface area contributed by atoms with Crippen LogP contribution in [0.4, 0.5) is 11.6 Å². The summed E-state index contributed by atoms with van der Waals surface area (Å²) in [7, 11) is -3.04. The molecule has 2 aromatic heterocycles. The normalized spacial score (nSPS) is 11.2. The Morgan fingerprint density at radius 3 is 2.56 bits per heavy atom. The number of hydrogen-bond acceptors (Lipinski definition) is 5. The zero-order valence-electron chi connectivity index (χ0n) is 9.87. The minimum absolute atomic E-state index is 0.00637. The molecule has 2 rings (SSSR count). The SMILES string of the molecule is CS(=O)(=O)Cc1ccnc(Nc2ccccn2)c1. The first-order valence-corrected chi connectivity index (χ1v) is 7.40. The number of hydrogen-bond donors (Lipinski definition) is 1. The molecule has 0 spiro atoms. The van der Waals surface area contributed by atoms with Crippen molar-refractivity contribution in [3.8, 4) is 0 Å². The highest BCUT2D eigenvalue weighted by molar-refractivity contribution is 7.89. The Hall–Kier alpha value is -1.95. The minimum Gasteiger partial charge on any atom is -0.325 e. The Balaban J connectivity index is 2.18. The quantitative estimate of drug-likeness (QED) is 0.910. The maximum Gasteiger partial charge on any atom is 0.151 e. The van der Waals surface area contributed by atoms with Crippen LogP contribution in [0.1, 0.15) is 5.56 Å². The number of nitrogens with zero attached hydrogens (tertiary/aromatic N) is 2. The van der Waals surface area contributed by atoms with E-state index < -0.39 is 9.84 Å². The van der Waals surface area contributed by atoms with Crippen LogP contribution in [-0.4, -0.2) is 24.6 Å². The second-order valence-electron chi connectivity index (χ2n) is 3.96. The number of aromatic nitrogens is 2. The van der Waals surface area contributed by atoms with Crippen molar-refractivity contribution in [3.05, 3.63) is 48.3 Å². The average molecular weight is 263 g/mol. The molecule has 0 unspecified atom stereocenters. The van der Waals surface area contributed by atoms with E-state index in [-0.39, 0.29) is 5.75 Å². The molecule has 0 fully saturated rings. The molecule has 0 atom stereocenters. The first-order valence-electron chi connectivity index (χ1n) is 5.34. The van der Waals surface area contributed by atoms with E-state index in [2.05, 4.69) is 15.3 Å². The standard InChI is InChI=1S/C12H13N3O2S/c1-18(16,17)9-10-5-7-14-12(8-10)15-11-4-2-3-6-13-11/h2-8H,9H2,1H3,(H,13,14,15). The molecule has 18 heavy (non-hydrogen) atoms. The van der Waals surface area contributed by atoms with E-state index in [1.165, 1.54) is 6.26 Å². The van der Waals surface area contributed by atoms with Crippen LogP contribution in [0.25, 0.3) is 0 Å². The lowest BCUT2D eigenvalue weighted by Crippen LogP contribution is -2.02. The summed E-state index contributed by atoms with van der Waals surface area (Å²) < 4.78 is 22.4. The van der Waals surface area contributed by atoms with E-state index in [1.54, 1.807) is 24.5 Å². The van der Waals surface area contributed by atoms with E-state index in [0.717, 1.165) is 0 Å². The lowest BCUT2D eigenvalue weighted by atomic mass is 10.3. The van der Waals surface area contributed by atoms with E-state index in [0.29, 0.717) is 17.2 Å². The largest absolute Gasteiger partial charge is 0.325 e. The van der Waals surface area contributed by atoms with Crippen molar-refractivity contribution < 1.29 is 8.42 Å². The Labute approximate surface area is 106 Å². The topological polar surface area (TPSA) is 72.0 Å². The van der Waals surface area contributed by atoms with Gasteiger partial charge in [0.2, 0.25) is 0 Å². The molecule has 1 N–H and O–H groups in total. The van der Waals surface area contributed by atoms with Crippen molar-refractivity contribution in [2.24, 2.45) is 0 Å². The molecule has 0 bridgehead atoms. The maximum atomic E-state index is 11.2. The fourth-order valence-corrected chi connectivity index (χ4v) is 2.29. The van der Waals surface area contributed by atoms with Gasteiger partial charge < -0.3 is 5.32 Å². The van der Waals surface area contributed by atoms with E-state index in [1.807, 2.05) is 18.2 Å². The summed E-state index contributed by atoms with van der Waals surface area (Å²) in [6, 6.07) is 8.87. The van der Waals surface area contributed by atoms with Crippen molar-refractivity contribution in [2.75, 3.05) is 11.6 Å². The smallest absolute Gasteiger partial charge is 0.151 e. The third-order valence-corrected chi connectivity index (χ3v) is 3.03. The third-order valence-electron chi connectivity index (χ3n) is 2.17. The molecular weight excluding hydrogens is 250 g/mol. The fraction of sp³-hybridized carbons (Fsp3) is 0.167. The summed E-state index contributed by atoms with van der Waals surface area (Å²) in [5.41, 5.74) is 0.700. The monoisotopic (exact) mass is 263 g/mol. The average Bonchev–Trinajstić information content (AvgIpc) is 2.28. The number of nitrogens with one attached hydrogen (secondary N) is 1. The van der Waals surface area contributed by atoms with Gasteiger partial charge in [0.1, 0.15) is 11.6 Å². The summed E-state index contributed by atoms with van der Waals surface area (Å²) in [4.78, 5) is 8.23. The van der Waals surface area contributed by atoms with Crippen molar-refractivity contribution in [2.45, 2.75) is 5.75 Å². The summed E-state index contributed by atoms with van der Waals surface area (Å²) in [6.45, 7) is 0. The molecule has 0 aliphatic carbocycles. The molecule has 0 saturated carbocycles. The zero-order valence-corrected chi connectivity index (χ0v) is 10.7. The van der Waals surface area contributed by atoms with Crippen LogP contribution >= 0.6 is 0 Å². The van der Waals surface area contributed by atoms with Crippen molar-refractivity contribution in [1.29, 1.82) is 0 Å². The van der Waals surface area contributed by atoms with Gasteiger partial charge in [0.25, 0.3) is 0 Å². The molecule has 5 nitrogen and oxygen atoms in total. The van der Waals surface area contributed by atoms with Gasteiger partial charge in [-0.15, -0.1) is 0 Å². The molecule has 2 aromatic rings. The molecular formula is C12H13N3O2S. The van der Waals surface area contributed by atoms with E-state index in [4.69, 9.17) is 0 Å². The molecule has 0 aliphatic heterocycles. The van der Waals surface area contributed by atoms with Gasteiger partial charge in [0.15, 0.2) is 9.84 Å². The molecule has 94 valence electrons. The molecule has 6 heteroatoms. The Bertz CT molecular complexity index is 627. The van der Waals surface area contributed by atoms with Crippen molar-refractivity contribution >= 4 is 21.5 Å². The molecule has 0 aliphatic rings. The van der Waals surface area contributed by atoms with Gasteiger partial charge in [-0.1, -0.05) is 6.07 Å². The minimum atomic E-state index is -3.04. The lowest BCUT2D eigenvalue weighted by Gasteiger charge is -2.06. The number of pyridine rings is 2. The van der Waals surface area contributed by atoms with Gasteiger partial charge in [-0.25, -0.2) is 18.4 Å². The van der Waals surface area contributed by atoms with Crippen LogP contribution in [0.15, 0.2) is 42.7 Å². The number of rotatable bonds is 4. The van der Waals surface area contributed by atoms with Crippen LogP contribution < -0.4 is 5.32 Å². The Morgan fingerprint density at radius 1 is 1.11 bits per heavy atom. The maximum absolute atomic E-state index is 11.2. The summed E-state index contributed by atoms with van der Waals surface area (Å²) in [5, 5.41) is 3.01. The van der Waals surface area contributed by atoms with Gasteiger partial charge in [-0.2, -0.15) is 0 Å². The van der Waals surface area contributed by atoms with Gasteiger partial charge in [-0.3, -0.25) is 0 Å². The lowest BCUT2D eigenvalue weighted by molar-refractivity contribution is 0.601. The van der Waals surface area contributed by atoms with Gasteiger partial charge in [0.05, 0.1) is 5.75 Å². The van der Waals surface area contributed by atoms with Crippen molar-refractivity contribution in [1.82, 2.24) is 9.97 Å². The second kappa shape index (κ2) is 5.14. The van der Waals surface area contributed by atoms with Crippen LogP contribution in [0, 0.1) is 0 Å². The zero-order chi connectivity index (χ0) is 13.0. The van der Waals surface area contributed by atoms with Crippen LogP contribution in [0.2, 0.25) is 0 Å². The first kappa shape index (κ1) is 12.5. The van der Waals surface area contributed by atoms with Gasteiger partial charge in [0, 0.05) is 18.6 Å².